The molecule has 7 nitrogen and oxygen atoms in total. The van der Waals surface area contributed by atoms with Crippen LogP contribution in [0.3, 0.4) is 0 Å². The van der Waals surface area contributed by atoms with Crippen molar-refractivity contribution >= 4 is 16.7 Å². The topological polar surface area (TPSA) is 80.8 Å². The molecule has 120 valence electrons. The Bertz CT molecular complexity index is 754. The quantitative estimate of drug-likeness (QED) is 0.687. The van der Waals surface area contributed by atoms with Gasteiger partial charge in [0.25, 0.3) is 0 Å². The SMILES string of the molecule is CC(C)Cc1nsc(N(C)Cc2nc(-c3cccnc3)no2)n1. The van der Waals surface area contributed by atoms with Crippen molar-refractivity contribution in [3.05, 3.63) is 36.2 Å². The van der Waals surface area contributed by atoms with Crippen molar-refractivity contribution in [3.8, 4) is 11.4 Å². The lowest BCUT2D eigenvalue weighted by atomic mass is 10.1. The molecule has 0 saturated carbocycles. The van der Waals surface area contributed by atoms with Gasteiger partial charge in [-0.2, -0.15) is 9.36 Å². The van der Waals surface area contributed by atoms with Crippen LogP contribution in [-0.4, -0.2) is 31.5 Å². The Hall–Kier alpha value is -2.35. The van der Waals surface area contributed by atoms with Gasteiger partial charge < -0.3 is 9.42 Å². The molecule has 23 heavy (non-hydrogen) atoms. The summed E-state index contributed by atoms with van der Waals surface area (Å²) >= 11 is 1.39. The van der Waals surface area contributed by atoms with Crippen LogP contribution in [0.1, 0.15) is 25.6 Å². The number of aromatic nitrogens is 5. The van der Waals surface area contributed by atoms with Crippen molar-refractivity contribution in [2.45, 2.75) is 26.8 Å². The van der Waals surface area contributed by atoms with Gasteiger partial charge in [0.1, 0.15) is 5.82 Å². The molecule has 0 radical (unpaired) electrons. The second-order valence-corrected chi connectivity index (χ2v) is 6.43. The summed E-state index contributed by atoms with van der Waals surface area (Å²) in [6.07, 6.45) is 4.31. The van der Waals surface area contributed by atoms with Gasteiger partial charge in [0.2, 0.25) is 16.8 Å². The number of nitrogens with zero attached hydrogens (tertiary/aromatic N) is 6. The van der Waals surface area contributed by atoms with E-state index in [4.69, 9.17) is 4.52 Å². The van der Waals surface area contributed by atoms with E-state index in [9.17, 15) is 0 Å². The molecule has 3 heterocycles. The van der Waals surface area contributed by atoms with E-state index in [0.717, 1.165) is 22.9 Å². The highest BCUT2D eigenvalue weighted by molar-refractivity contribution is 7.09. The van der Waals surface area contributed by atoms with Crippen molar-refractivity contribution in [1.82, 2.24) is 24.5 Å². The summed E-state index contributed by atoms with van der Waals surface area (Å²) in [6.45, 7) is 4.80. The van der Waals surface area contributed by atoms with Crippen LogP contribution in [0.2, 0.25) is 0 Å². The van der Waals surface area contributed by atoms with Gasteiger partial charge >= 0.3 is 0 Å². The molecule has 0 aliphatic heterocycles. The standard InChI is InChI=1S/C15H18N6OS/c1-10(2)7-12-17-15(23-20-12)21(3)9-13-18-14(19-22-13)11-5-4-6-16-8-11/h4-6,8,10H,7,9H2,1-3H3. The van der Waals surface area contributed by atoms with Crippen LogP contribution in [0.5, 0.6) is 0 Å². The van der Waals surface area contributed by atoms with Crippen molar-refractivity contribution in [2.24, 2.45) is 5.92 Å². The lowest BCUT2D eigenvalue weighted by Gasteiger charge is -2.11. The molecule has 0 aliphatic carbocycles. The van der Waals surface area contributed by atoms with E-state index in [-0.39, 0.29) is 0 Å². The predicted octanol–water partition coefficient (Wildman–Crippen LogP) is 2.82. The summed E-state index contributed by atoms with van der Waals surface area (Å²) in [5.74, 6) is 2.50. The first-order chi connectivity index (χ1) is 11.1. The van der Waals surface area contributed by atoms with Crippen molar-refractivity contribution in [3.63, 3.8) is 0 Å². The van der Waals surface area contributed by atoms with Gasteiger partial charge in [-0.15, -0.1) is 0 Å². The van der Waals surface area contributed by atoms with Crippen LogP contribution in [0.4, 0.5) is 5.13 Å². The molecule has 0 aliphatic rings. The zero-order chi connectivity index (χ0) is 16.2. The molecule has 0 aromatic carbocycles. The Morgan fingerprint density at radius 2 is 2.17 bits per heavy atom. The van der Waals surface area contributed by atoms with E-state index < -0.39 is 0 Å². The van der Waals surface area contributed by atoms with Crippen LogP contribution < -0.4 is 4.90 Å². The normalized spacial score (nSPS) is 11.1. The molecule has 0 saturated heterocycles. The van der Waals surface area contributed by atoms with Crippen LogP contribution >= 0.6 is 11.5 Å². The van der Waals surface area contributed by atoms with Gasteiger partial charge in [0.15, 0.2) is 0 Å². The van der Waals surface area contributed by atoms with Crippen molar-refractivity contribution < 1.29 is 4.52 Å². The fourth-order valence-corrected chi connectivity index (χ4v) is 2.70. The van der Waals surface area contributed by atoms with E-state index in [2.05, 4.69) is 38.3 Å². The van der Waals surface area contributed by atoms with Crippen LogP contribution in [0.15, 0.2) is 29.0 Å². The fourth-order valence-electron chi connectivity index (χ4n) is 2.05. The van der Waals surface area contributed by atoms with E-state index in [1.54, 1.807) is 12.4 Å². The molecule has 3 rings (SSSR count). The predicted molar refractivity (Wildman–Crippen MR) is 88.1 cm³/mol. The Labute approximate surface area is 138 Å². The van der Waals surface area contributed by atoms with Gasteiger partial charge in [0.05, 0.1) is 6.54 Å². The summed E-state index contributed by atoms with van der Waals surface area (Å²) in [4.78, 5) is 15.0. The molecule has 3 aromatic heterocycles. The highest BCUT2D eigenvalue weighted by Gasteiger charge is 2.14. The Morgan fingerprint density at radius 1 is 1.30 bits per heavy atom. The average molecular weight is 330 g/mol. The van der Waals surface area contributed by atoms with Crippen LogP contribution in [0, 0.1) is 5.92 Å². The maximum Gasteiger partial charge on any atom is 0.246 e. The van der Waals surface area contributed by atoms with E-state index in [1.807, 2.05) is 24.1 Å². The van der Waals surface area contributed by atoms with Gasteiger partial charge in [0, 0.05) is 43.0 Å². The summed E-state index contributed by atoms with van der Waals surface area (Å²) < 4.78 is 9.69. The summed E-state index contributed by atoms with van der Waals surface area (Å²) in [5, 5.41) is 4.84. The second kappa shape index (κ2) is 6.82. The summed E-state index contributed by atoms with van der Waals surface area (Å²) in [6, 6.07) is 3.74. The first kappa shape index (κ1) is 15.5. The molecule has 8 heteroatoms. The minimum absolute atomic E-state index is 0.490. The highest BCUT2D eigenvalue weighted by Crippen LogP contribution is 2.20. The summed E-state index contributed by atoms with van der Waals surface area (Å²) in [5.41, 5.74) is 0.834. The lowest BCUT2D eigenvalue weighted by molar-refractivity contribution is 0.378. The van der Waals surface area contributed by atoms with Gasteiger partial charge in [-0.1, -0.05) is 19.0 Å². The molecular weight excluding hydrogens is 312 g/mol. The molecule has 0 spiro atoms. The molecule has 0 fully saturated rings. The first-order valence-electron chi connectivity index (χ1n) is 7.38. The smallest absolute Gasteiger partial charge is 0.246 e. The Balaban J connectivity index is 1.67. The monoisotopic (exact) mass is 330 g/mol. The largest absolute Gasteiger partial charge is 0.341 e. The number of hydrogen-bond acceptors (Lipinski definition) is 8. The summed E-state index contributed by atoms with van der Waals surface area (Å²) in [7, 11) is 1.94. The van der Waals surface area contributed by atoms with E-state index >= 15 is 0 Å². The number of rotatable bonds is 6. The van der Waals surface area contributed by atoms with Crippen LogP contribution in [0.25, 0.3) is 11.4 Å². The third-order valence-electron chi connectivity index (χ3n) is 3.13. The number of anilines is 1. The maximum absolute atomic E-state index is 5.31. The highest BCUT2D eigenvalue weighted by atomic mass is 32.1. The third-order valence-corrected chi connectivity index (χ3v) is 4.00. The van der Waals surface area contributed by atoms with Crippen molar-refractivity contribution in [1.29, 1.82) is 0 Å². The zero-order valence-corrected chi connectivity index (χ0v) is 14.1. The fraction of sp³-hybridized carbons (Fsp3) is 0.400. The Kier molecular flexibility index (Phi) is 4.61. The molecule has 3 aromatic rings. The first-order valence-corrected chi connectivity index (χ1v) is 8.16. The number of hydrogen-bond donors (Lipinski definition) is 0. The molecule has 0 N–H and O–H groups in total. The molecular formula is C15H18N6OS. The van der Waals surface area contributed by atoms with Crippen molar-refractivity contribution in [2.75, 3.05) is 11.9 Å². The second-order valence-electron chi connectivity index (χ2n) is 5.70. The lowest BCUT2D eigenvalue weighted by Crippen LogP contribution is -2.16. The number of pyridine rings is 1. The van der Waals surface area contributed by atoms with E-state index in [1.165, 1.54) is 11.5 Å². The molecule has 0 atom stereocenters. The molecule has 0 amide bonds. The van der Waals surface area contributed by atoms with Crippen LogP contribution in [-0.2, 0) is 13.0 Å². The average Bonchev–Trinajstić information content (AvgIpc) is 3.17. The van der Waals surface area contributed by atoms with Gasteiger partial charge in [-0.3, -0.25) is 4.98 Å². The van der Waals surface area contributed by atoms with Gasteiger partial charge in [-0.05, 0) is 18.1 Å². The molecule has 0 unspecified atom stereocenters. The Morgan fingerprint density at radius 3 is 2.91 bits per heavy atom. The minimum atomic E-state index is 0.490. The molecule has 0 bridgehead atoms. The van der Waals surface area contributed by atoms with Gasteiger partial charge in [-0.25, -0.2) is 4.98 Å². The van der Waals surface area contributed by atoms with E-state index in [0.29, 0.717) is 24.2 Å². The third kappa shape index (κ3) is 3.89. The minimum Gasteiger partial charge on any atom is -0.341 e. The maximum atomic E-state index is 5.31. The zero-order valence-electron chi connectivity index (χ0n) is 13.3.